The number of benzene rings is 1. The second-order valence-electron chi connectivity index (χ2n) is 8.19. The summed E-state index contributed by atoms with van der Waals surface area (Å²) in [7, 11) is 2.05. The van der Waals surface area contributed by atoms with Gasteiger partial charge in [0.25, 0.3) is 0 Å². The fourth-order valence-electron chi connectivity index (χ4n) is 2.87. The number of halogens is 1. The van der Waals surface area contributed by atoms with Gasteiger partial charge in [-0.25, -0.2) is 4.39 Å². The molecule has 1 aromatic rings. The largest absolute Gasteiger partial charge is 0.525 e. The zero-order chi connectivity index (χ0) is 21.1. The van der Waals surface area contributed by atoms with Crippen LogP contribution in [0.4, 0.5) is 4.39 Å². The molecule has 2 rings (SSSR count). The van der Waals surface area contributed by atoms with Crippen LogP contribution in [0.15, 0.2) is 23.9 Å². The van der Waals surface area contributed by atoms with E-state index >= 15 is 4.39 Å². The van der Waals surface area contributed by atoms with E-state index in [0.29, 0.717) is 35.7 Å². The highest BCUT2D eigenvalue weighted by Crippen LogP contribution is 2.41. The van der Waals surface area contributed by atoms with Gasteiger partial charge in [-0.05, 0) is 71.2 Å². The van der Waals surface area contributed by atoms with Crippen molar-refractivity contribution >= 4 is 12.7 Å². The maximum Gasteiger partial charge on any atom is 0.525 e. The Morgan fingerprint density at radius 2 is 1.50 bits per heavy atom. The molecule has 0 aliphatic carbocycles. The predicted molar refractivity (Wildman–Crippen MR) is 109 cm³/mol. The van der Waals surface area contributed by atoms with E-state index in [4.69, 9.17) is 23.5 Å². The monoisotopic (exact) mass is 394 g/mol. The second-order valence-corrected chi connectivity index (χ2v) is 8.19. The highest BCUT2D eigenvalue weighted by molar-refractivity contribution is 6.55. The first-order valence-corrected chi connectivity index (χ1v) is 9.60. The highest BCUT2D eigenvalue weighted by atomic mass is 19.1. The zero-order valence-electron chi connectivity index (χ0n) is 18.2. The number of methoxy groups -OCH3 is 2. The summed E-state index contributed by atoms with van der Waals surface area (Å²) in [4.78, 5) is 0. The van der Waals surface area contributed by atoms with Gasteiger partial charge in [0.1, 0.15) is 17.2 Å². The lowest BCUT2D eigenvalue weighted by atomic mass is 9.81. The summed E-state index contributed by atoms with van der Waals surface area (Å²) >= 11 is 0. The minimum atomic E-state index is -1.07. The molecule has 0 saturated carbocycles. The van der Waals surface area contributed by atoms with E-state index in [2.05, 4.69) is 0 Å². The van der Waals surface area contributed by atoms with E-state index in [9.17, 15) is 0 Å². The van der Waals surface area contributed by atoms with Crippen LogP contribution < -0.4 is 9.47 Å². The van der Waals surface area contributed by atoms with Crippen LogP contribution in [-0.4, -0.2) is 45.3 Å². The Kier molecular flexibility index (Phi) is 7.18. The average molecular weight is 394 g/mol. The van der Waals surface area contributed by atoms with Crippen LogP contribution in [0.25, 0.3) is 5.57 Å². The van der Waals surface area contributed by atoms with Gasteiger partial charge in [-0.2, -0.15) is 0 Å². The zero-order valence-corrected chi connectivity index (χ0v) is 18.2. The van der Waals surface area contributed by atoms with Crippen molar-refractivity contribution in [3.8, 4) is 11.5 Å². The molecule has 1 aromatic carbocycles. The Bertz CT molecular complexity index is 676. The third-order valence-electron chi connectivity index (χ3n) is 5.25. The normalized spacial score (nSPS) is 19.0. The molecule has 1 saturated heterocycles. The van der Waals surface area contributed by atoms with Crippen LogP contribution in [0, 0.1) is 0 Å². The van der Waals surface area contributed by atoms with Crippen LogP contribution >= 0.6 is 0 Å². The fraction of sp³-hybridized carbons (Fsp3) is 0.619. The first-order valence-electron chi connectivity index (χ1n) is 9.60. The van der Waals surface area contributed by atoms with Crippen molar-refractivity contribution in [2.24, 2.45) is 0 Å². The molecule has 0 N–H and O–H groups in total. The third kappa shape index (κ3) is 5.07. The highest BCUT2D eigenvalue weighted by Gasteiger charge is 2.53. The predicted octanol–water partition coefficient (Wildman–Crippen LogP) is 4.83. The molecule has 0 unspecified atom stereocenters. The minimum absolute atomic E-state index is 0.0565. The Labute approximate surface area is 168 Å². The molecule has 5 nitrogen and oxygen atoms in total. The van der Waals surface area contributed by atoms with Crippen LogP contribution in [0.3, 0.4) is 0 Å². The molecule has 0 radical (unpaired) electrons. The third-order valence-corrected chi connectivity index (χ3v) is 5.25. The number of ether oxygens (including phenoxy) is 3. The van der Waals surface area contributed by atoms with E-state index in [-0.39, 0.29) is 6.10 Å². The molecule has 1 aliphatic rings. The number of hydrogen-bond donors (Lipinski definition) is 0. The molecule has 0 amide bonds. The molecule has 1 heterocycles. The van der Waals surface area contributed by atoms with Crippen LogP contribution in [0.2, 0.25) is 0 Å². The molecular weight excluding hydrogens is 362 g/mol. The van der Waals surface area contributed by atoms with E-state index in [0.717, 1.165) is 0 Å². The molecule has 0 bridgehead atoms. The summed E-state index contributed by atoms with van der Waals surface area (Å²) in [6, 6.07) is 5.30. The van der Waals surface area contributed by atoms with E-state index in [1.165, 1.54) is 0 Å². The molecular formula is C21H32BFO5. The van der Waals surface area contributed by atoms with Gasteiger partial charge in [0.05, 0.1) is 38.1 Å². The van der Waals surface area contributed by atoms with E-state index in [1.807, 2.05) is 41.5 Å². The topological polar surface area (TPSA) is 46.2 Å². The van der Waals surface area contributed by atoms with Gasteiger partial charge in [0, 0.05) is 6.07 Å². The van der Waals surface area contributed by atoms with E-state index < -0.39 is 24.0 Å². The van der Waals surface area contributed by atoms with Gasteiger partial charge < -0.3 is 23.5 Å². The van der Waals surface area contributed by atoms with E-state index in [1.54, 1.807) is 32.4 Å². The minimum Gasteiger partial charge on any atom is -0.497 e. The molecule has 0 atom stereocenters. The summed E-state index contributed by atoms with van der Waals surface area (Å²) in [6.45, 7) is 11.9. The lowest BCUT2D eigenvalue weighted by molar-refractivity contribution is 0.00578. The summed E-state index contributed by atoms with van der Waals surface area (Å²) in [6.07, 6.45) is 0.422. The quantitative estimate of drug-likeness (QED) is 0.591. The number of rotatable bonds is 8. The van der Waals surface area contributed by atoms with Crippen molar-refractivity contribution in [3.63, 3.8) is 0 Å². The number of hydrogen-bond acceptors (Lipinski definition) is 5. The van der Waals surface area contributed by atoms with Gasteiger partial charge in [0.2, 0.25) is 0 Å². The Hall–Kier alpha value is -1.57. The first-order chi connectivity index (χ1) is 13.0. The van der Waals surface area contributed by atoms with Crippen LogP contribution in [0.1, 0.15) is 53.5 Å². The Balaban J connectivity index is 2.46. The Morgan fingerprint density at radius 3 is 1.93 bits per heavy atom. The lowest BCUT2D eigenvalue weighted by Crippen LogP contribution is -2.41. The van der Waals surface area contributed by atoms with Gasteiger partial charge in [-0.3, -0.25) is 0 Å². The van der Waals surface area contributed by atoms with Gasteiger partial charge in [0.15, 0.2) is 0 Å². The molecule has 0 aromatic heterocycles. The van der Waals surface area contributed by atoms with Gasteiger partial charge in [-0.1, -0.05) is 0 Å². The smallest absolute Gasteiger partial charge is 0.497 e. The second kappa shape index (κ2) is 8.85. The molecule has 0 spiro atoms. The summed E-state index contributed by atoms with van der Waals surface area (Å²) in [5.74, 6) is 1.16. The van der Waals surface area contributed by atoms with Crippen molar-refractivity contribution in [2.75, 3.05) is 20.8 Å². The molecule has 7 heteroatoms. The molecule has 1 aliphatic heterocycles. The summed E-state index contributed by atoms with van der Waals surface area (Å²) in [5, 5.41) is 0. The summed E-state index contributed by atoms with van der Waals surface area (Å²) in [5.41, 5.74) is -0.602. The van der Waals surface area contributed by atoms with Crippen molar-refractivity contribution in [3.05, 3.63) is 29.5 Å². The average Bonchev–Trinajstić information content (AvgIpc) is 2.85. The standard InChI is InChI=1S/C21H32BFO5/c1-14(2)26-10-9-18(15-11-16(24-7)13-17(12-15)25-8)19(23)22-27-20(3,4)21(5,6)28-22/h11-14H,9-10H2,1-8H3. The summed E-state index contributed by atoms with van der Waals surface area (Å²) < 4.78 is 43.8. The van der Waals surface area contributed by atoms with Crippen LogP contribution in [0.5, 0.6) is 11.5 Å². The first kappa shape index (κ1) is 22.7. The Morgan fingerprint density at radius 1 is 1.00 bits per heavy atom. The molecule has 28 heavy (non-hydrogen) atoms. The SMILES string of the molecule is COc1cc(OC)cc(C(CCOC(C)C)=C(F)B2OC(C)(C)C(C)(C)O2)c1. The molecule has 1 fully saturated rings. The molecule has 156 valence electrons. The van der Waals surface area contributed by atoms with Gasteiger partial charge in [-0.15, -0.1) is 0 Å². The van der Waals surface area contributed by atoms with Crippen molar-refractivity contribution in [2.45, 2.75) is 65.3 Å². The van der Waals surface area contributed by atoms with Crippen molar-refractivity contribution in [1.29, 1.82) is 0 Å². The van der Waals surface area contributed by atoms with Gasteiger partial charge >= 0.3 is 7.12 Å². The maximum atomic E-state index is 15.6. The fourth-order valence-corrected chi connectivity index (χ4v) is 2.87. The van der Waals surface area contributed by atoms with Crippen molar-refractivity contribution in [1.82, 2.24) is 0 Å². The van der Waals surface area contributed by atoms with Crippen molar-refractivity contribution < 1.29 is 27.9 Å². The lowest BCUT2D eigenvalue weighted by Gasteiger charge is -2.32. The van der Waals surface area contributed by atoms with Crippen LogP contribution in [-0.2, 0) is 14.0 Å². The maximum absolute atomic E-state index is 15.6.